The summed E-state index contributed by atoms with van der Waals surface area (Å²) in [6.45, 7) is 17.6. The lowest BCUT2D eigenvalue weighted by atomic mass is 9.67. The van der Waals surface area contributed by atoms with E-state index in [4.69, 9.17) is 0 Å². The smallest absolute Gasteiger partial charge is 0.119 e. The summed E-state index contributed by atoms with van der Waals surface area (Å²) >= 11 is 0. The van der Waals surface area contributed by atoms with E-state index in [-0.39, 0.29) is 5.41 Å². The van der Waals surface area contributed by atoms with E-state index in [9.17, 15) is 5.11 Å². The Morgan fingerprint density at radius 3 is 1.79 bits per heavy atom. The third kappa shape index (κ3) is 4.89. The van der Waals surface area contributed by atoms with Crippen LogP contribution in [0.15, 0.2) is 24.3 Å². The fourth-order valence-corrected chi connectivity index (χ4v) is 2.67. The molecule has 0 aliphatic heterocycles. The summed E-state index contributed by atoms with van der Waals surface area (Å²) in [4.78, 5) is 0. The average molecular weight is 264 g/mol. The Morgan fingerprint density at radius 2 is 1.42 bits per heavy atom. The molecule has 0 saturated heterocycles. The third-order valence-corrected chi connectivity index (χ3v) is 3.78. The molecule has 1 heteroatoms. The Labute approximate surface area is 120 Å². The van der Waals surface area contributed by atoms with E-state index < -0.39 is 0 Å². The first-order valence-electron chi connectivity index (χ1n) is 7.53. The van der Waals surface area contributed by atoms with Crippen LogP contribution in [-0.4, -0.2) is 5.11 Å². The van der Waals surface area contributed by atoms with Gasteiger partial charge in [-0.05, 0) is 34.8 Å². The molecule has 1 nitrogen and oxygen atoms in total. The van der Waals surface area contributed by atoms with Gasteiger partial charge in [-0.1, -0.05) is 73.6 Å². The molecule has 0 aromatic heterocycles. The molecule has 0 aliphatic rings. The lowest BCUT2D eigenvalue weighted by molar-refractivity contribution is 0.201. The van der Waals surface area contributed by atoms with Crippen LogP contribution in [0.4, 0.5) is 0 Å². The van der Waals surface area contributed by atoms with Gasteiger partial charge in [0.05, 0.1) is 0 Å². The summed E-state index contributed by atoms with van der Waals surface area (Å²) in [5, 5.41) is 10.1. The quantitative estimate of drug-likeness (QED) is 0.727. The Balaban J connectivity index is 0.00000154. The van der Waals surface area contributed by atoms with E-state index in [1.165, 1.54) is 0 Å². The zero-order chi connectivity index (χ0) is 15.2. The van der Waals surface area contributed by atoms with Crippen LogP contribution in [0.1, 0.15) is 66.9 Å². The fourth-order valence-electron chi connectivity index (χ4n) is 2.67. The van der Waals surface area contributed by atoms with E-state index in [2.05, 4.69) is 47.6 Å². The van der Waals surface area contributed by atoms with E-state index in [1.807, 2.05) is 26.0 Å². The topological polar surface area (TPSA) is 20.2 Å². The monoisotopic (exact) mass is 264 g/mol. The molecule has 0 fully saturated rings. The highest BCUT2D eigenvalue weighted by molar-refractivity contribution is 5.36. The molecule has 0 spiro atoms. The maximum Gasteiger partial charge on any atom is 0.119 e. The maximum absolute atomic E-state index is 10.1. The first-order chi connectivity index (χ1) is 8.75. The first-order valence-corrected chi connectivity index (χ1v) is 7.53. The Hall–Kier alpha value is -0.980. The summed E-state index contributed by atoms with van der Waals surface area (Å²) in [7, 11) is 0. The van der Waals surface area contributed by atoms with Gasteiger partial charge in [-0.2, -0.15) is 0 Å². The van der Waals surface area contributed by atoms with E-state index >= 15 is 0 Å². The molecular formula is C18H32O. The molecule has 2 atom stereocenters. The second kappa shape index (κ2) is 7.57. The highest BCUT2D eigenvalue weighted by atomic mass is 16.3. The molecule has 1 aromatic carbocycles. The number of aromatic hydroxyl groups is 1. The molecule has 0 radical (unpaired) electrons. The van der Waals surface area contributed by atoms with Crippen LogP contribution in [0.2, 0.25) is 0 Å². The SMILES string of the molecule is CC.CC(C)C(C)C(c1ccccc1O)C(C)(C)C. The minimum absolute atomic E-state index is 0.155. The molecule has 0 amide bonds. The van der Waals surface area contributed by atoms with Crippen molar-refractivity contribution in [1.82, 2.24) is 0 Å². The van der Waals surface area contributed by atoms with Crippen LogP contribution in [0.25, 0.3) is 0 Å². The number of hydrogen-bond donors (Lipinski definition) is 1. The summed E-state index contributed by atoms with van der Waals surface area (Å²) in [6, 6.07) is 7.75. The van der Waals surface area contributed by atoms with Crippen molar-refractivity contribution in [2.75, 3.05) is 0 Å². The second-order valence-electron chi connectivity index (χ2n) is 6.51. The maximum atomic E-state index is 10.1. The highest BCUT2D eigenvalue weighted by Gasteiger charge is 2.33. The van der Waals surface area contributed by atoms with E-state index in [1.54, 1.807) is 6.07 Å². The van der Waals surface area contributed by atoms with Crippen molar-refractivity contribution >= 4 is 0 Å². The van der Waals surface area contributed by atoms with E-state index in [0.29, 0.717) is 23.5 Å². The summed E-state index contributed by atoms with van der Waals surface area (Å²) in [6.07, 6.45) is 0. The van der Waals surface area contributed by atoms with Crippen LogP contribution in [0.5, 0.6) is 5.75 Å². The zero-order valence-corrected chi connectivity index (χ0v) is 14.0. The number of hydrogen-bond acceptors (Lipinski definition) is 1. The van der Waals surface area contributed by atoms with Gasteiger partial charge < -0.3 is 5.11 Å². The minimum Gasteiger partial charge on any atom is -0.508 e. The standard InChI is InChI=1S/C16H26O.C2H6/c1-11(2)12(3)15(16(4,5)6)13-9-7-8-10-14(13)17;1-2/h7-12,15,17H,1-6H3;1-2H3. The van der Waals surface area contributed by atoms with Crippen LogP contribution < -0.4 is 0 Å². The normalized spacial score (nSPS) is 14.6. The number of para-hydroxylation sites is 1. The fraction of sp³-hybridized carbons (Fsp3) is 0.667. The van der Waals surface area contributed by atoms with Crippen LogP contribution in [-0.2, 0) is 0 Å². The largest absolute Gasteiger partial charge is 0.508 e. The Bertz CT molecular complexity index is 360. The lowest BCUT2D eigenvalue weighted by Crippen LogP contribution is -2.27. The van der Waals surface area contributed by atoms with Crippen LogP contribution in [0.3, 0.4) is 0 Å². The van der Waals surface area contributed by atoms with Gasteiger partial charge in [0, 0.05) is 0 Å². The predicted octanol–water partition coefficient (Wildman–Crippen LogP) is 5.84. The zero-order valence-electron chi connectivity index (χ0n) is 14.0. The molecule has 0 aliphatic carbocycles. The Kier molecular flexibility index (Phi) is 7.18. The molecule has 0 heterocycles. The molecule has 2 unspecified atom stereocenters. The van der Waals surface area contributed by atoms with Crippen molar-refractivity contribution in [1.29, 1.82) is 0 Å². The third-order valence-electron chi connectivity index (χ3n) is 3.78. The average Bonchev–Trinajstić information content (AvgIpc) is 2.32. The molecule has 1 aromatic rings. The van der Waals surface area contributed by atoms with Crippen molar-refractivity contribution in [2.24, 2.45) is 17.3 Å². The Morgan fingerprint density at radius 1 is 0.947 bits per heavy atom. The lowest BCUT2D eigenvalue weighted by Gasteiger charge is -2.38. The van der Waals surface area contributed by atoms with Crippen molar-refractivity contribution in [2.45, 2.75) is 61.3 Å². The summed E-state index contributed by atoms with van der Waals surface area (Å²) in [5.41, 5.74) is 1.24. The van der Waals surface area contributed by atoms with Crippen molar-refractivity contribution in [3.8, 4) is 5.75 Å². The first kappa shape index (κ1) is 18.0. The molecule has 0 bridgehead atoms. The highest BCUT2D eigenvalue weighted by Crippen LogP contribution is 2.45. The van der Waals surface area contributed by atoms with Gasteiger partial charge in [0.1, 0.15) is 5.75 Å². The molecular weight excluding hydrogens is 232 g/mol. The number of rotatable bonds is 3. The van der Waals surface area contributed by atoms with Gasteiger partial charge in [-0.25, -0.2) is 0 Å². The molecule has 19 heavy (non-hydrogen) atoms. The second-order valence-corrected chi connectivity index (χ2v) is 6.51. The molecule has 110 valence electrons. The van der Waals surface area contributed by atoms with Gasteiger partial charge in [-0.3, -0.25) is 0 Å². The minimum atomic E-state index is 0.155. The van der Waals surface area contributed by atoms with Crippen LogP contribution >= 0.6 is 0 Å². The van der Waals surface area contributed by atoms with Gasteiger partial charge in [0.15, 0.2) is 0 Å². The van der Waals surface area contributed by atoms with Crippen molar-refractivity contribution < 1.29 is 5.11 Å². The van der Waals surface area contributed by atoms with Gasteiger partial charge in [-0.15, -0.1) is 0 Å². The summed E-state index contributed by atoms with van der Waals surface area (Å²) < 4.78 is 0. The predicted molar refractivity (Wildman–Crippen MR) is 85.7 cm³/mol. The molecule has 0 saturated carbocycles. The molecule has 1 N–H and O–H groups in total. The van der Waals surface area contributed by atoms with E-state index in [0.717, 1.165) is 5.56 Å². The number of benzene rings is 1. The van der Waals surface area contributed by atoms with Gasteiger partial charge in [0.25, 0.3) is 0 Å². The van der Waals surface area contributed by atoms with Crippen LogP contribution in [0, 0.1) is 17.3 Å². The molecule has 1 rings (SSSR count). The van der Waals surface area contributed by atoms with Gasteiger partial charge in [0.2, 0.25) is 0 Å². The van der Waals surface area contributed by atoms with Crippen molar-refractivity contribution in [3.05, 3.63) is 29.8 Å². The van der Waals surface area contributed by atoms with Gasteiger partial charge >= 0.3 is 0 Å². The number of phenols is 1. The summed E-state index contributed by atoms with van der Waals surface area (Å²) in [5.74, 6) is 1.96. The number of phenolic OH excluding ortho intramolecular Hbond substituents is 1. The van der Waals surface area contributed by atoms with Crippen molar-refractivity contribution in [3.63, 3.8) is 0 Å².